The summed E-state index contributed by atoms with van der Waals surface area (Å²) >= 11 is 3.33. The Bertz CT molecular complexity index is 367. The fourth-order valence-corrected chi connectivity index (χ4v) is 1.73. The number of aliphatic hydroxyl groups excluding tert-OH is 1. The van der Waals surface area contributed by atoms with E-state index >= 15 is 0 Å². The van der Waals surface area contributed by atoms with E-state index in [4.69, 9.17) is 9.84 Å². The van der Waals surface area contributed by atoms with Crippen molar-refractivity contribution in [2.45, 2.75) is 25.8 Å². The van der Waals surface area contributed by atoms with Gasteiger partial charge in [0.25, 0.3) is 5.91 Å². The van der Waals surface area contributed by atoms with Gasteiger partial charge in [-0.05, 0) is 44.0 Å². The summed E-state index contributed by atoms with van der Waals surface area (Å²) in [6, 6.07) is 7.37. The van der Waals surface area contributed by atoms with Crippen LogP contribution in [0.1, 0.15) is 19.8 Å². The molecule has 0 saturated carbocycles. The van der Waals surface area contributed by atoms with Gasteiger partial charge in [-0.15, -0.1) is 0 Å². The van der Waals surface area contributed by atoms with Crippen molar-refractivity contribution in [3.05, 3.63) is 28.7 Å². The smallest absolute Gasteiger partial charge is 0.258 e. The summed E-state index contributed by atoms with van der Waals surface area (Å²) in [5.41, 5.74) is 0. The van der Waals surface area contributed by atoms with Crippen molar-refractivity contribution < 1.29 is 14.6 Å². The molecule has 0 aliphatic rings. The van der Waals surface area contributed by atoms with E-state index in [1.54, 1.807) is 12.1 Å². The van der Waals surface area contributed by atoms with Crippen molar-refractivity contribution in [2.24, 2.45) is 0 Å². The van der Waals surface area contributed by atoms with Crippen LogP contribution in [0.15, 0.2) is 28.7 Å². The lowest BCUT2D eigenvalue weighted by atomic mass is 10.2. The van der Waals surface area contributed by atoms with Crippen LogP contribution in [0.2, 0.25) is 0 Å². The summed E-state index contributed by atoms with van der Waals surface area (Å²) in [5.74, 6) is 0.514. The molecule has 1 aromatic carbocycles. The maximum absolute atomic E-state index is 11.5. The number of rotatable bonds is 7. The standard InChI is InChI=1S/C13H18BrNO3/c1-10(3-2-8-16)15-13(17)9-18-12-6-4-11(14)5-7-12/h4-7,10,16H,2-3,8-9H2,1H3,(H,15,17). The maximum Gasteiger partial charge on any atom is 0.258 e. The molecule has 2 N–H and O–H groups in total. The molecule has 0 spiro atoms. The van der Waals surface area contributed by atoms with E-state index in [1.807, 2.05) is 19.1 Å². The van der Waals surface area contributed by atoms with Crippen molar-refractivity contribution >= 4 is 21.8 Å². The molecule has 0 heterocycles. The third kappa shape index (κ3) is 6.02. The summed E-state index contributed by atoms with van der Waals surface area (Å²) in [6.45, 7) is 2.06. The Hall–Kier alpha value is -1.07. The Kier molecular flexibility index (Phi) is 6.75. The Morgan fingerprint density at radius 3 is 2.72 bits per heavy atom. The van der Waals surface area contributed by atoms with Gasteiger partial charge in [0.05, 0.1) is 0 Å². The highest BCUT2D eigenvalue weighted by Gasteiger charge is 2.07. The molecule has 0 bridgehead atoms. The lowest BCUT2D eigenvalue weighted by Crippen LogP contribution is -2.36. The van der Waals surface area contributed by atoms with E-state index in [0.29, 0.717) is 12.2 Å². The van der Waals surface area contributed by atoms with Crippen molar-refractivity contribution in [1.29, 1.82) is 0 Å². The molecule has 0 aliphatic heterocycles. The highest BCUT2D eigenvalue weighted by Crippen LogP contribution is 2.15. The minimum atomic E-state index is -0.150. The van der Waals surface area contributed by atoms with E-state index in [-0.39, 0.29) is 25.2 Å². The van der Waals surface area contributed by atoms with E-state index in [1.165, 1.54) is 0 Å². The zero-order valence-electron chi connectivity index (χ0n) is 10.4. The highest BCUT2D eigenvalue weighted by molar-refractivity contribution is 9.10. The number of hydrogen-bond acceptors (Lipinski definition) is 3. The monoisotopic (exact) mass is 315 g/mol. The molecule has 0 aliphatic carbocycles. The van der Waals surface area contributed by atoms with Crippen LogP contribution in [0.25, 0.3) is 0 Å². The molecule has 4 nitrogen and oxygen atoms in total. The molecule has 1 unspecified atom stereocenters. The molecule has 1 atom stereocenters. The molecule has 5 heteroatoms. The van der Waals surface area contributed by atoms with Crippen LogP contribution in [-0.4, -0.2) is 30.3 Å². The number of ether oxygens (including phenoxy) is 1. The third-order valence-corrected chi connectivity index (χ3v) is 2.91. The fourth-order valence-electron chi connectivity index (χ4n) is 1.47. The van der Waals surface area contributed by atoms with E-state index in [0.717, 1.165) is 10.9 Å². The van der Waals surface area contributed by atoms with Crippen molar-refractivity contribution in [1.82, 2.24) is 5.32 Å². The lowest BCUT2D eigenvalue weighted by Gasteiger charge is -2.13. The summed E-state index contributed by atoms with van der Waals surface area (Å²) in [4.78, 5) is 11.5. The van der Waals surface area contributed by atoms with Gasteiger partial charge in [-0.3, -0.25) is 4.79 Å². The van der Waals surface area contributed by atoms with Gasteiger partial charge in [0.1, 0.15) is 5.75 Å². The molecule has 18 heavy (non-hydrogen) atoms. The van der Waals surface area contributed by atoms with Gasteiger partial charge in [0.2, 0.25) is 0 Å². The molecule has 0 aromatic heterocycles. The van der Waals surface area contributed by atoms with E-state index < -0.39 is 0 Å². The Balaban J connectivity index is 2.26. The predicted molar refractivity (Wildman–Crippen MR) is 73.6 cm³/mol. The molecule has 1 amide bonds. The first kappa shape index (κ1) is 15.0. The van der Waals surface area contributed by atoms with E-state index in [9.17, 15) is 4.79 Å². The number of amides is 1. The summed E-state index contributed by atoms with van der Waals surface area (Å²) in [7, 11) is 0. The van der Waals surface area contributed by atoms with Gasteiger partial charge in [-0.2, -0.15) is 0 Å². The van der Waals surface area contributed by atoms with Gasteiger partial charge in [-0.1, -0.05) is 15.9 Å². The van der Waals surface area contributed by atoms with Crippen molar-refractivity contribution in [3.63, 3.8) is 0 Å². The normalized spacial score (nSPS) is 11.9. The van der Waals surface area contributed by atoms with Crippen LogP contribution in [0.5, 0.6) is 5.75 Å². The minimum absolute atomic E-state index is 0.00506. The fraction of sp³-hybridized carbons (Fsp3) is 0.462. The second-order valence-corrected chi connectivity index (χ2v) is 4.99. The molecular weight excluding hydrogens is 298 g/mol. The number of hydrogen-bond donors (Lipinski definition) is 2. The van der Waals surface area contributed by atoms with Crippen LogP contribution in [0.4, 0.5) is 0 Å². The minimum Gasteiger partial charge on any atom is -0.484 e. The van der Waals surface area contributed by atoms with Gasteiger partial charge in [-0.25, -0.2) is 0 Å². The zero-order chi connectivity index (χ0) is 13.4. The Morgan fingerprint density at radius 1 is 1.44 bits per heavy atom. The van der Waals surface area contributed by atoms with Gasteiger partial charge < -0.3 is 15.2 Å². The van der Waals surface area contributed by atoms with Gasteiger partial charge in [0.15, 0.2) is 6.61 Å². The number of carbonyl (C=O) groups is 1. The molecular formula is C13H18BrNO3. The first-order chi connectivity index (χ1) is 8.61. The topological polar surface area (TPSA) is 58.6 Å². The Labute approximate surface area is 115 Å². The molecule has 1 aromatic rings. The maximum atomic E-state index is 11.5. The first-order valence-corrected chi connectivity index (χ1v) is 6.69. The molecule has 0 radical (unpaired) electrons. The van der Waals surface area contributed by atoms with Crippen LogP contribution in [0, 0.1) is 0 Å². The predicted octanol–water partition coefficient (Wildman–Crippen LogP) is 2.11. The quantitative estimate of drug-likeness (QED) is 0.810. The average Bonchev–Trinajstić information content (AvgIpc) is 2.35. The number of halogens is 1. The molecule has 0 saturated heterocycles. The first-order valence-electron chi connectivity index (χ1n) is 5.90. The number of benzene rings is 1. The van der Waals surface area contributed by atoms with E-state index in [2.05, 4.69) is 21.2 Å². The van der Waals surface area contributed by atoms with Crippen molar-refractivity contribution in [2.75, 3.05) is 13.2 Å². The summed E-state index contributed by atoms with van der Waals surface area (Å²) < 4.78 is 6.32. The Morgan fingerprint density at radius 2 is 2.11 bits per heavy atom. The SMILES string of the molecule is CC(CCCO)NC(=O)COc1ccc(Br)cc1. The molecule has 0 fully saturated rings. The number of nitrogens with one attached hydrogen (secondary N) is 1. The van der Waals surface area contributed by atoms with Gasteiger partial charge in [0, 0.05) is 17.1 Å². The third-order valence-electron chi connectivity index (χ3n) is 2.39. The summed E-state index contributed by atoms with van der Waals surface area (Å²) in [5, 5.41) is 11.5. The van der Waals surface area contributed by atoms with Gasteiger partial charge >= 0.3 is 0 Å². The lowest BCUT2D eigenvalue weighted by molar-refractivity contribution is -0.123. The van der Waals surface area contributed by atoms with Crippen molar-refractivity contribution in [3.8, 4) is 5.75 Å². The highest BCUT2D eigenvalue weighted by atomic mass is 79.9. The van der Waals surface area contributed by atoms with Crippen LogP contribution in [-0.2, 0) is 4.79 Å². The molecule has 1 rings (SSSR count). The average molecular weight is 316 g/mol. The zero-order valence-corrected chi connectivity index (χ0v) is 11.9. The largest absolute Gasteiger partial charge is 0.484 e. The van der Waals surface area contributed by atoms with Crippen LogP contribution >= 0.6 is 15.9 Å². The summed E-state index contributed by atoms with van der Waals surface area (Å²) in [6.07, 6.45) is 1.45. The molecule has 100 valence electrons. The number of carbonyl (C=O) groups excluding carboxylic acids is 1. The second-order valence-electron chi connectivity index (χ2n) is 4.08. The van der Waals surface area contributed by atoms with Crippen LogP contribution in [0.3, 0.4) is 0 Å². The second kappa shape index (κ2) is 8.11. The number of aliphatic hydroxyl groups is 1. The van der Waals surface area contributed by atoms with Crippen LogP contribution < -0.4 is 10.1 Å².